The molecular weight excluding hydrogens is 304 g/mol. The van der Waals surface area contributed by atoms with Gasteiger partial charge in [-0.1, -0.05) is 0 Å². The van der Waals surface area contributed by atoms with E-state index < -0.39 is 0 Å². The Labute approximate surface area is 141 Å². The monoisotopic (exact) mass is 328 g/mol. The normalized spacial score (nSPS) is 32.1. The number of anilines is 1. The highest BCUT2D eigenvalue weighted by Gasteiger charge is 2.48. The summed E-state index contributed by atoms with van der Waals surface area (Å²) in [5.41, 5.74) is 1.53. The summed E-state index contributed by atoms with van der Waals surface area (Å²) < 4.78 is 0. The molecule has 0 saturated heterocycles. The van der Waals surface area contributed by atoms with E-state index in [0.29, 0.717) is 6.04 Å². The van der Waals surface area contributed by atoms with Crippen molar-refractivity contribution in [3.8, 4) is 0 Å². The van der Waals surface area contributed by atoms with Crippen molar-refractivity contribution in [1.29, 1.82) is 0 Å². The summed E-state index contributed by atoms with van der Waals surface area (Å²) in [5, 5.41) is 5.12. The molecule has 4 aliphatic rings. The quantitative estimate of drug-likeness (QED) is 0.938. The lowest BCUT2D eigenvalue weighted by Gasteiger charge is -2.55. The molecule has 122 valence electrons. The highest BCUT2D eigenvalue weighted by molar-refractivity contribution is 7.19. The molecular formula is C18H24N4S. The average molecular weight is 328 g/mol. The summed E-state index contributed by atoms with van der Waals surface area (Å²) in [7, 11) is 4.47. The van der Waals surface area contributed by atoms with Crippen LogP contribution in [0.4, 0.5) is 5.82 Å². The predicted octanol–water partition coefficient (Wildman–Crippen LogP) is 3.32. The maximum absolute atomic E-state index is 4.62. The fourth-order valence-corrected chi connectivity index (χ4v) is 6.58. The second kappa shape index (κ2) is 5.15. The fourth-order valence-electron chi connectivity index (χ4n) is 5.35. The Hall–Kier alpha value is -1.20. The topological polar surface area (TPSA) is 41.0 Å². The highest BCUT2D eigenvalue weighted by atomic mass is 32.1. The Morgan fingerprint density at radius 3 is 2.74 bits per heavy atom. The lowest BCUT2D eigenvalue weighted by molar-refractivity contribution is -0.0190. The van der Waals surface area contributed by atoms with Gasteiger partial charge < -0.3 is 10.2 Å². The summed E-state index contributed by atoms with van der Waals surface area (Å²) in [4.78, 5) is 14.3. The highest BCUT2D eigenvalue weighted by Crippen LogP contribution is 2.49. The first-order valence-electron chi connectivity index (χ1n) is 8.89. The Balaban J connectivity index is 1.41. The molecule has 0 aromatic carbocycles. The zero-order chi connectivity index (χ0) is 15.6. The smallest absolute Gasteiger partial charge is 0.138 e. The van der Waals surface area contributed by atoms with Crippen LogP contribution in [-0.4, -0.2) is 41.0 Å². The summed E-state index contributed by atoms with van der Waals surface area (Å²) in [6.45, 7) is 0. The van der Waals surface area contributed by atoms with Gasteiger partial charge in [0.05, 0.1) is 5.39 Å². The van der Waals surface area contributed by atoms with E-state index in [0.717, 1.165) is 23.7 Å². The molecule has 2 heterocycles. The lowest BCUT2D eigenvalue weighted by atomic mass is 9.59. The van der Waals surface area contributed by atoms with Crippen molar-refractivity contribution >= 4 is 27.4 Å². The van der Waals surface area contributed by atoms with Crippen LogP contribution in [0.5, 0.6) is 0 Å². The Morgan fingerprint density at radius 2 is 1.96 bits per heavy atom. The van der Waals surface area contributed by atoms with Crippen molar-refractivity contribution in [2.45, 2.75) is 50.6 Å². The predicted molar refractivity (Wildman–Crippen MR) is 95.2 cm³/mol. The third-order valence-electron chi connectivity index (χ3n) is 6.18. The summed E-state index contributed by atoms with van der Waals surface area (Å²) in [5.74, 6) is 2.83. The molecule has 5 heteroatoms. The van der Waals surface area contributed by atoms with E-state index in [4.69, 9.17) is 0 Å². The zero-order valence-electron chi connectivity index (χ0n) is 13.9. The Kier molecular flexibility index (Phi) is 3.17. The van der Waals surface area contributed by atoms with Crippen LogP contribution in [0.25, 0.3) is 10.2 Å². The van der Waals surface area contributed by atoms with E-state index in [1.54, 1.807) is 11.2 Å². The van der Waals surface area contributed by atoms with E-state index in [1.807, 2.05) is 11.3 Å². The number of hydrogen-bond donors (Lipinski definition) is 1. The zero-order valence-corrected chi connectivity index (χ0v) is 14.7. The van der Waals surface area contributed by atoms with Gasteiger partial charge in [-0.2, -0.15) is 0 Å². The van der Waals surface area contributed by atoms with Crippen LogP contribution in [0, 0.1) is 11.8 Å². The van der Waals surface area contributed by atoms with Gasteiger partial charge in [0.2, 0.25) is 0 Å². The number of fused-ring (bicyclic) bond motifs is 5. The molecule has 0 amide bonds. The van der Waals surface area contributed by atoms with Crippen LogP contribution < -0.4 is 5.32 Å². The molecule has 2 bridgehead atoms. The molecule has 2 atom stereocenters. The lowest BCUT2D eigenvalue weighted by Crippen LogP contribution is -2.57. The summed E-state index contributed by atoms with van der Waals surface area (Å²) in [6, 6.07) is 1.40. The van der Waals surface area contributed by atoms with Gasteiger partial charge in [0, 0.05) is 17.0 Å². The third-order valence-corrected chi connectivity index (χ3v) is 7.38. The van der Waals surface area contributed by atoms with Gasteiger partial charge in [-0.05, 0) is 70.0 Å². The Bertz CT molecular complexity index is 741. The molecule has 2 aromatic rings. The SMILES string of the molecule is CN(C)C1C2CC(Nc3ncnc4sc5c(c34)CCC5)CC1C2. The first-order chi connectivity index (χ1) is 11.2. The van der Waals surface area contributed by atoms with E-state index >= 15 is 0 Å². The number of aryl methyl sites for hydroxylation is 2. The number of nitrogens with zero attached hydrogens (tertiary/aromatic N) is 3. The molecule has 4 aliphatic carbocycles. The molecule has 23 heavy (non-hydrogen) atoms. The molecule has 2 unspecified atom stereocenters. The van der Waals surface area contributed by atoms with Crippen molar-refractivity contribution in [3.05, 3.63) is 16.8 Å². The second-order valence-electron chi connectivity index (χ2n) is 7.78. The number of hydrogen-bond acceptors (Lipinski definition) is 5. The molecule has 0 spiro atoms. The Morgan fingerprint density at radius 1 is 1.13 bits per heavy atom. The summed E-state index contributed by atoms with van der Waals surface area (Å²) in [6.07, 6.45) is 9.47. The van der Waals surface area contributed by atoms with Gasteiger partial charge in [-0.15, -0.1) is 11.3 Å². The van der Waals surface area contributed by atoms with Crippen LogP contribution in [0.1, 0.15) is 36.1 Å². The van der Waals surface area contributed by atoms with E-state index in [2.05, 4.69) is 34.3 Å². The first-order valence-corrected chi connectivity index (χ1v) is 9.70. The van der Waals surface area contributed by atoms with Crippen LogP contribution >= 0.6 is 11.3 Å². The standard InChI is InChI=1S/C18H24N4S/c1-22(2)16-10-6-11(16)8-12(7-10)21-17-15-13-4-3-5-14(13)23-18(15)20-9-19-17/h9-12,16H,3-8H2,1-2H3,(H,19,20,21). The largest absolute Gasteiger partial charge is 0.367 e. The second-order valence-corrected chi connectivity index (χ2v) is 8.87. The van der Waals surface area contributed by atoms with Crippen molar-refractivity contribution in [2.24, 2.45) is 11.8 Å². The van der Waals surface area contributed by atoms with E-state index in [-0.39, 0.29) is 0 Å². The average Bonchev–Trinajstić information content (AvgIpc) is 3.07. The minimum atomic E-state index is 0.588. The molecule has 0 aliphatic heterocycles. The van der Waals surface area contributed by atoms with E-state index in [9.17, 15) is 0 Å². The third kappa shape index (κ3) is 2.13. The molecule has 1 N–H and O–H groups in total. The minimum absolute atomic E-state index is 0.588. The number of thiophene rings is 1. The van der Waals surface area contributed by atoms with Gasteiger partial charge in [0.25, 0.3) is 0 Å². The fraction of sp³-hybridized carbons (Fsp3) is 0.667. The number of rotatable bonds is 3. The maximum atomic E-state index is 4.62. The minimum Gasteiger partial charge on any atom is -0.367 e. The molecule has 4 nitrogen and oxygen atoms in total. The molecule has 3 saturated carbocycles. The number of nitrogens with one attached hydrogen (secondary N) is 1. The van der Waals surface area contributed by atoms with Crippen LogP contribution in [0.3, 0.4) is 0 Å². The van der Waals surface area contributed by atoms with E-state index in [1.165, 1.54) is 54.3 Å². The van der Waals surface area contributed by atoms with Gasteiger partial charge in [-0.25, -0.2) is 9.97 Å². The molecule has 2 aromatic heterocycles. The van der Waals surface area contributed by atoms with Crippen LogP contribution in [-0.2, 0) is 12.8 Å². The van der Waals surface area contributed by atoms with Crippen molar-refractivity contribution in [2.75, 3.05) is 19.4 Å². The molecule has 6 rings (SSSR count). The van der Waals surface area contributed by atoms with Gasteiger partial charge in [-0.3, -0.25) is 0 Å². The molecule has 3 fully saturated rings. The van der Waals surface area contributed by atoms with Crippen LogP contribution in [0.2, 0.25) is 0 Å². The van der Waals surface area contributed by atoms with Crippen molar-refractivity contribution in [3.63, 3.8) is 0 Å². The van der Waals surface area contributed by atoms with Crippen LogP contribution in [0.15, 0.2) is 6.33 Å². The first kappa shape index (κ1) is 14.2. The molecule has 0 radical (unpaired) electrons. The number of aromatic nitrogens is 2. The maximum Gasteiger partial charge on any atom is 0.138 e. The van der Waals surface area contributed by atoms with Crippen molar-refractivity contribution < 1.29 is 0 Å². The summed E-state index contributed by atoms with van der Waals surface area (Å²) >= 11 is 1.88. The van der Waals surface area contributed by atoms with Gasteiger partial charge in [0.1, 0.15) is 17.0 Å². The van der Waals surface area contributed by atoms with Gasteiger partial charge in [0.15, 0.2) is 0 Å². The van der Waals surface area contributed by atoms with Gasteiger partial charge >= 0.3 is 0 Å². The van der Waals surface area contributed by atoms with Crippen molar-refractivity contribution in [1.82, 2.24) is 14.9 Å².